The molecule has 0 aliphatic carbocycles. The number of rotatable bonds is 4. The Labute approximate surface area is 151 Å². The summed E-state index contributed by atoms with van der Waals surface area (Å²) in [4.78, 5) is 11.7. The monoisotopic (exact) mass is 333 g/mol. The summed E-state index contributed by atoms with van der Waals surface area (Å²) in [5.74, 6) is 0. The van der Waals surface area contributed by atoms with Crippen molar-refractivity contribution >= 4 is 6.08 Å². The molecule has 0 N–H and O–H groups in total. The molecule has 1 aliphatic rings. The molecular formula is C22H27N3. The standard InChI is InChI=1S/C22H27N3/c1-16(2)25-12-10-19(11-13-25)8-9-20-14-21(15-23-18(20)4)22-7-5-6-17(3)24-22/h5-10,14-16H,11-13H2,1-4H3/b9-8+. The van der Waals surface area contributed by atoms with Gasteiger partial charge in [0.15, 0.2) is 0 Å². The molecule has 0 saturated heterocycles. The Morgan fingerprint density at radius 1 is 1.16 bits per heavy atom. The summed E-state index contributed by atoms with van der Waals surface area (Å²) in [6.45, 7) is 10.8. The maximum atomic E-state index is 4.61. The molecule has 1 aliphatic heterocycles. The average molecular weight is 333 g/mol. The van der Waals surface area contributed by atoms with Gasteiger partial charge in [-0.2, -0.15) is 0 Å². The lowest BCUT2D eigenvalue weighted by Gasteiger charge is -2.28. The normalized spacial score (nSPS) is 15.8. The van der Waals surface area contributed by atoms with Crippen molar-refractivity contribution in [2.75, 3.05) is 13.1 Å². The van der Waals surface area contributed by atoms with E-state index >= 15 is 0 Å². The van der Waals surface area contributed by atoms with Crippen molar-refractivity contribution in [2.24, 2.45) is 0 Å². The van der Waals surface area contributed by atoms with Gasteiger partial charge in [0.25, 0.3) is 0 Å². The van der Waals surface area contributed by atoms with Gasteiger partial charge >= 0.3 is 0 Å². The first-order chi connectivity index (χ1) is 12.0. The highest BCUT2D eigenvalue weighted by atomic mass is 15.1. The molecule has 0 bridgehead atoms. The molecule has 0 atom stereocenters. The van der Waals surface area contributed by atoms with Crippen LogP contribution < -0.4 is 0 Å². The highest BCUT2D eigenvalue weighted by molar-refractivity contribution is 5.65. The molecule has 0 radical (unpaired) electrons. The average Bonchev–Trinajstić information content (AvgIpc) is 2.61. The zero-order valence-corrected chi connectivity index (χ0v) is 15.7. The molecule has 2 aromatic rings. The van der Waals surface area contributed by atoms with E-state index in [1.807, 2.05) is 31.3 Å². The minimum atomic E-state index is 0.617. The predicted molar refractivity (Wildman–Crippen MR) is 105 cm³/mol. The van der Waals surface area contributed by atoms with Crippen LogP contribution in [0.15, 0.2) is 48.2 Å². The van der Waals surface area contributed by atoms with E-state index in [9.17, 15) is 0 Å². The van der Waals surface area contributed by atoms with Crippen molar-refractivity contribution in [3.8, 4) is 11.3 Å². The quantitative estimate of drug-likeness (QED) is 0.803. The van der Waals surface area contributed by atoms with Crippen LogP contribution in [0.25, 0.3) is 17.3 Å². The first-order valence-corrected chi connectivity index (χ1v) is 9.05. The van der Waals surface area contributed by atoms with Gasteiger partial charge in [-0.3, -0.25) is 14.9 Å². The van der Waals surface area contributed by atoms with Crippen LogP contribution in [-0.4, -0.2) is 34.0 Å². The first-order valence-electron chi connectivity index (χ1n) is 9.05. The summed E-state index contributed by atoms with van der Waals surface area (Å²) in [6.07, 6.45) is 9.80. The Kier molecular flexibility index (Phi) is 5.44. The van der Waals surface area contributed by atoms with Crippen molar-refractivity contribution in [1.82, 2.24) is 14.9 Å². The van der Waals surface area contributed by atoms with Gasteiger partial charge in [0.1, 0.15) is 0 Å². The van der Waals surface area contributed by atoms with Crippen LogP contribution in [-0.2, 0) is 0 Å². The third-order valence-electron chi connectivity index (χ3n) is 4.79. The molecule has 3 heterocycles. The third-order valence-corrected chi connectivity index (χ3v) is 4.79. The summed E-state index contributed by atoms with van der Waals surface area (Å²) in [5, 5.41) is 0. The van der Waals surface area contributed by atoms with E-state index in [-0.39, 0.29) is 0 Å². The number of nitrogens with zero attached hydrogens (tertiary/aromatic N) is 3. The number of hydrogen-bond donors (Lipinski definition) is 0. The maximum absolute atomic E-state index is 4.61. The Bertz CT molecular complexity index is 803. The second-order valence-electron chi connectivity index (χ2n) is 7.01. The van der Waals surface area contributed by atoms with Crippen LogP contribution in [0.2, 0.25) is 0 Å². The van der Waals surface area contributed by atoms with Crippen molar-refractivity contribution in [2.45, 2.75) is 40.2 Å². The van der Waals surface area contributed by atoms with Crippen molar-refractivity contribution in [3.63, 3.8) is 0 Å². The molecule has 0 spiro atoms. The van der Waals surface area contributed by atoms with Gasteiger partial charge in [-0.1, -0.05) is 24.3 Å². The van der Waals surface area contributed by atoms with Crippen LogP contribution in [0, 0.1) is 13.8 Å². The van der Waals surface area contributed by atoms with Crippen LogP contribution >= 0.6 is 0 Å². The van der Waals surface area contributed by atoms with Gasteiger partial charge < -0.3 is 0 Å². The zero-order valence-electron chi connectivity index (χ0n) is 15.7. The summed E-state index contributed by atoms with van der Waals surface area (Å²) in [7, 11) is 0. The number of pyridine rings is 2. The number of allylic oxidation sites excluding steroid dienone is 1. The molecule has 0 fully saturated rings. The molecule has 130 valence electrons. The molecule has 0 unspecified atom stereocenters. The Morgan fingerprint density at radius 2 is 2.00 bits per heavy atom. The van der Waals surface area contributed by atoms with Crippen molar-refractivity contribution in [1.29, 1.82) is 0 Å². The molecule has 2 aromatic heterocycles. The second-order valence-corrected chi connectivity index (χ2v) is 7.01. The highest BCUT2D eigenvalue weighted by Crippen LogP contribution is 2.21. The van der Waals surface area contributed by atoms with Gasteiger partial charge in [0, 0.05) is 42.3 Å². The van der Waals surface area contributed by atoms with Crippen LogP contribution in [0.5, 0.6) is 0 Å². The summed E-state index contributed by atoms with van der Waals surface area (Å²) >= 11 is 0. The first kappa shape index (κ1) is 17.6. The summed E-state index contributed by atoms with van der Waals surface area (Å²) in [6, 6.07) is 8.90. The smallest absolute Gasteiger partial charge is 0.0720 e. The largest absolute Gasteiger partial charge is 0.297 e. The van der Waals surface area contributed by atoms with Gasteiger partial charge in [0.2, 0.25) is 0 Å². The molecule has 0 amide bonds. The van der Waals surface area contributed by atoms with Crippen LogP contribution in [0.4, 0.5) is 0 Å². The summed E-state index contributed by atoms with van der Waals surface area (Å²) < 4.78 is 0. The molecule has 3 nitrogen and oxygen atoms in total. The maximum Gasteiger partial charge on any atom is 0.0720 e. The third kappa shape index (κ3) is 4.43. The fourth-order valence-corrected chi connectivity index (χ4v) is 3.08. The molecule has 25 heavy (non-hydrogen) atoms. The summed E-state index contributed by atoms with van der Waals surface area (Å²) in [5.41, 5.74) is 6.69. The number of hydrogen-bond acceptors (Lipinski definition) is 3. The van der Waals surface area contributed by atoms with Gasteiger partial charge in [-0.15, -0.1) is 0 Å². The Morgan fingerprint density at radius 3 is 2.68 bits per heavy atom. The van der Waals surface area contributed by atoms with E-state index in [1.165, 1.54) is 5.57 Å². The fraction of sp³-hybridized carbons (Fsp3) is 0.364. The lowest BCUT2D eigenvalue weighted by molar-refractivity contribution is 0.240. The number of aromatic nitrogens is 2. The molecule has 3 heteroatoms. The van der Waals surface area contributed by atoms with E-state index in [4.69, 9.17) is 0 Å². The predicted octanol–water partition coefficient (Wildman–Crippen LogP) is 4.81. The van der Waals surface area contributed by atoms with E-state index in [0.717, 1.165) is 47.7 Å². The fourth-order valence-electron chi connectivity index (χ4n) is 3.08. The van der Waals surface area contributed by atoms with E-state index in [1.54, 1.807) is 0 Å². The zero-order chi connectivity index (χ0) is 17.8. The van der Waals surface area contributed by atoms with Gasteiger partial charge in [-0.05, 0) is 63.5 Å². The Balaban J connectivity index is 1.80. The molecular weight excluding hydrogens is 306 g/mol. The molecule has 3 rings (SSSR count). The van der Waals surface area contributed by atoms with Crippen LogP contribution in [0.1, 0.15) is 37.2 Å². The topological polar surface area (TPSA) is 29.0 Å². The molecule has 0 aromatic carbocycles. The second kappa shape index (κ2) is 7.75. The van der Waals surface area contributed by atoms with E-state index < -0.39 is 0 Å². The van der Waals surface area contributed by atoms with Crippen molar-refractivity contribution in [3.05, 3.63) is 65.1 Å². The van der Waals surface area contributed by atoms with E-state index in [0.29, 0.717) is 6.04 Å². The lowest BCUT2D eigenvalue weighted by Crippen LogP contribution is -2.34. The SMILES string of the molecule is Cc1cccc(-c2cnc(C)c(/C=C/C3=CCN(C(C)C)CC3)c2)n1. The number of aryl methyl sites for hydroxylation is 2. The van der Waals surface area contributed by atoms with Gasteiger partial charge in [-0.25, -0.2) is 0 Å². The van der Waals surface area contributed by atoms with Crippen LogP contribution in [0.3, 0.4) is 0 Å². The highest BCUT2D eigenvalue weighted by Gasteiger charge is 2.12. The minimum absolute atomic E-state index is 0.617. The minimum Gasteiger partial charge on any atom is -0.297 e. The Hall–Kier alpha value is -2.26. The van der Waals surface area contributed by atoms with E-state index in [2.05, 4.69) is 59.9 Å². The molecule has 0 saturated carbocycles. The van der Waals surface area contributed by atoms with Crippen molar-refractivity contribution < 1.29 is 0 Å². The van der Waals surface area contributed by atoms with Gasteiger partial charge in [0.05, 0.1) is 5.69 Å². The lowest BCUT2D eigenvalue weighted by atomic mass is 10.0.